The number of rotatable bonds is 5. The van der Waals surface area contributed by atoms with Gasteiger partial charge >= 0.3 is 0 Å². The summed E-state index contributed by atoms with van der Waals surface area (Å²) in [6.45, 7) is 1.88. The van der Waals surface area contributed by atoms with Crippen LogP contribution in [0.1, 0.15) is 19.3 Å². The number of hydrogen-bond donors (Lipinski definition) is 2. The van der Waals surface area contributed by atoms with E-state index in [4.69, 9.17) is 22.1 Å². The third-order valence-electron chi connectivity index (χ3n) is 3.47. The van der Waals surface area contributed by atoms with Crippen LogP contribution >= 0.6 is 11.6 Å². The molecule has 21 heavy (non-hydrogen) atoms. The monoisotopic (exact) mass is 311 g/mol. The van der Waals surface area contributed by atoms with Gasteiger partial charge in [0.1, 0.15) is 0 Å². The molecule has 3 N–H and O–H groups in total. The molecule has 1 aliphatic heterocycles. The van der Waals surface area contributed by atoms with Gasteiger partial charge in [0.2, 0.25) is 5.91 Å². The lowest BCUT2D eigenvalue weighted by Gasteiger charge is -2.27. The van der Waals surface area contributed by atoms with Crippen molar-refractivity contribution in [2.75, 3.05) is 37.8 Å². The van der Waals surface area contributed by atoms with Gasteiger partial charge in [-0.05, 0) is 44.5 Å². The van der Waals surface area contributed by atoms with E-state index in [0.29, 0.717) is 22.9 Å². The zero-order chi connectivity index (χ0) is 15.2. The first kappa shape index (κ1) is 16.1. The lowest BCUT2D eigenvalue weighted by molar-refractivity contribution is -0.117. The summed E-state index contributed by atoms with van der Waals surface area (Å²) in [6, 6.07) is 5.03. The van der Waals surface area contributed by atoms with E-state index in [1.807, 2.05) is 11.9 Å². The molecular formula is C15H22ClN3O2. The molecule has 0 spiro atoms. The predicted molar refractivity (Wildman–Crippen MR) is 85.6 cm³/mol. The van der Waals surface area contributed by atoms with E-state index in [1.54, 1.807) is 18.2 Å². The van der Waals surface area contributed by atoms with E-state index >= 15 is 0 Å². The van der Waals surface area contributed by atoms with Crippen LogP contribution in [0.5, 0.6) is 0 Å². The normalized spacial score (nSPS) is 18.7. The number of ether oxygens (including phenoxy) is 1. The fraction of sp³-hybridized carbons (Fsp3) is 0.533. The maximum absolute atomic E-state index is 12.0. The van der Waals surface area contributed by atoms with Crippen LogP contribution in [0.2, 0.25) is 5.02 Å². The third kappa shape index (κ3) is 5.19. The molecule has 1 atom stereocenters. The maximum Gasteiger partial charge on any atom is 0.238 e. The Kier molecular flexibility index (Phi) is 5.85. The van der Waals surface area contributed by atoms with Gasteiger partial charge in [0.05, 0.1) is 23.4 Å². The van der Waals surface area contributed by atoms with E-state index in [2.05, 4.69) is 5.32 Å². The zero-order valence-corrected chi connectivity index (χ0v) is 13.0. The van der Waals surface area contributed by atoms with Crippen molar-refractivity contribution in [3.8, 4) is 0 Å². The largest absolute Gasteiger partial charge is 0.399 e. The molecule has 0 saturated carbocycles. The second kappa shape index (κ2) is 7.64. The quantitative estimate of drug-likeness (QED) is 0.819. The second-order valence-electron chi connectivity index (χ2n) is 5.47. The summed E-state index contributed by atoms with van der Waals surface area (Å²) < 4.78 is 5.67. The van der Waals surface area contributed by atoms with Gasteiger partial charge < -0.3 is 15.8 Å². The van der Waals surface area contributed by atoms with E-state index in [-0.39, 0.29) is 12.0 Å². The van der Waals surface area contributed by atoms with Crippen molar-refractivity contribution in [3.63, 3.8) is 0 Å². The Morgan fingerprint density at radius 1 is 1.52 bits per heavy atom. The molecule has 1 aliphatic rings. The highest BCUT2D eigenvalue weighted by Gasteiger charge is 2.17. The number of benzene rings is 1. The molecule has 116 valence electrons. The standard InChI is InChI=1S/C15H22ClN3O2/c1-19(9-12-4-2-3-7-21-12)10-15(20)18-14-8-11(17)5-6-13(14)16/h5-6,8,12H,2-4,7,9-10,17H2,1H3,(H,18,20). The molecule has 1 saturated heterocycles. The van der Waals surface area contributed by atoms with Gasteiger partial charge in [-0.2, -0.15) is 0 Å². The van der Waals surface area contributed by atoms with Crippen LogP contribution < -0.4 is 11.1 Å². The fourth-order valence-electron chi connectivity index (χ4n) is 2.44. The number of carbonyl (C=O) groups excluding carboxylic acids is 1. The van der Waals surface area contributed by atoms with Crippen LogP contribution in [0.3, 0.4) is 0 Å². The third-order valence-corrected chi connectivity index (χ3v) is 3.80. The first-order valence-electron chi connectivity index (χ1n) is 7.19. The summed E-state index contributed by atoms with van der Waals surface area (Å²) in [6.07, 6.45) is 3.62. The minimum absolute atomic E-state index is 0.110. The zero-order valence-electron chi connectivity index (χ0n) is 12.3. The molecular weight excluding hydrogens is 290 g/mol. The summed E-state index contributed by atoms with van der Waals surface area (Å²) in [4.78, 5) is 14.0. The van der Waals surface area contributed by atoms with Crippen molar-refractivity contribution in [2.45, 2.75) is 25.4 Å². The number of hydrogen-bond acceptors (Lipinski definition) is 4. The molecule has 5 nitrogen and oxygen atoms in total. The molecule has 1 heterocycles. The summed E-state index contributed by atoms with van der Waals surface area (Å²) in [5.41, 5.74) is 6.80. The van der Waals surface area contributed by atoms with Crippen molar-refractivity contribution in [1.82, 2.24) is 4.90 Å². The molecule has 1 fully saturated rings. The summed E-state index contributed by atoms with van der Waals surface area (Å²) >= 11 is 6.03. The second-order valence-corrected chi connectivity index (χ2v) is 5.88. The molecule has 1 aromatic rings. The highest BCUT2D eigenvalue weighted by Crippen LogP contribution is 2.24. The van der Waals surface area contributed by atoms with E-state index < -0.39 is 0 Å². The van der Waals surface area contributed by atoms with Crippen molar-refractivity contribution in [1.29, 1.82) is 0 Å². The smallest absolute Gasteiger partial charge is 0.238 e. The van der Waals surface area contributed by atoms with Crippen LogP contribution in [0, 0.1) is 0 Å². The van der Waals surface area contributed by atoms with E-state index in [9.17, 15) is 4.79 Å². The van der Waals surface area contributed by atoms with Gasteiger partial charge in [-0.15, -0.1) is 0 Å². The van der Waals surface area contributed by atoms with Gasteiger partial charge in [0.15, 0.2) is 0 Å². The fourth-order valence-corrected chi connectivity index (χ4v) is 2.60. The average Bonchev–Trinajstić information content (AvgIpc) is 2.43. The Morgan fingerprint density at radius 2 is 2.33 bits per heavy atom. The highest BCUT2D eigenvalue weighted by atomic mass is 35.5. The maximum atomic E-state index is 12.0. The van der Waals surface area contributed by atoms with Crippen LogP contribution in [0.4, 0.5) is 11.4 Å². The molecule has 0 aromatic heterocycles. The first-order valence-corrected chi connectivity index (χ1v) is 7.57. The van der Waals surface area contributed by atoms with E-state index in [0.717, 1.165) is 26.0 Å². The van der Waals surface area contributed by atoms with Crippen molar-refractivity contribution >= 4 is 28.9 Å². The molecule has 1 aromatic carbocycles. The van der Waals surface area contributed by atoms with Crippen molar-refractivity contribution < 1.29 is 9.53 Å². The number of anilines is 2. The number of nitrogen functional groups attached to an aromatic ring is 1. The summed E-state index contributed by atoms with van der Waals surface area (Å²) in [5, 5.41) is 3.27. The summed E-state index contributed by atoms with van der Waals surface area (Å²) in [5.74, 6) is -0.110. The Hall–Kier alpha value is -1.30. The van der Waals surface area contributed by atoms with Crippen LogP contribution in [0.15, 0.2) is 18.2 Å². The molecule has 0 aliphatic carbocycles. The number of nitrogens with one attached hydrogen (secondary N) is 1. The van der Waals surface area contributed by atoms with Gasteiger partial charge in [0, 0.05) is 18.8 Å². The average molecular weight is 312 g/mol. The minimum Gasteiger partial charge on any atom is -0.399 e. The molecule has 0 radical (unpaired) electrons. The van der Waals surface area contributed by atoms with Crippen LogP contribution in [-0.4, -0.2) is 43.7 Å². The molecule has 1 unspecified atom stereocenters. The SMILES string of the molecule is CN(CC(=O)Nc1cc(N)ccc1Cl)CC1CCCCO1. The molecule has 6 heteroatoms. The summed E-state index contributed by atoms with van der Waals surface area (Å²) in [7, 11) is 1.92. The highest BCUT2D eigenvalue weighted by molar-refractivity contribution is 6.33. The number of amides is 1. The van der Waals surface area contributed by atoms with Crippen molar-refractivity contribution in [2.24, 2.45) is 0 Å². The molecule has 2 rings (SSSR count). The van der Waals surface area contributed by atoms with Crippen LogP contribution in [0.25, 0.3) is 0 Å². The van der Waals surface area contributed by atoms with Gasteiger partial charge in [0.25, 0.3) is 0 Å². The minimum atomic E-state index is -0.110. The number of carbonyl (C=O) groups is 1. The number of nitrogens with zero attached hydrogens (tertiary/aromatic N) is 1. The Labute approximate surface area is 130 Å². The van der Waals surface area contributed by atoms with Crippen LogP contribution in [-0.2, 0) is 9.53 Å². The number of halogens is 1. The lowest BCUT2D eigenvalue weighted by atomic mass is 10.1. The Bertz CT molecular complexity index is 490. The molecule has 0 bridgehead atoms. The van der Waals surface area contributed by atoms with Gasteiger partial charge in [-0.25, -0.2) is 0 Å². The Morgan fingerprint density at radius 3 is 3.05 bits per heavy atom. The lowest BCUT2D eigenvalue weighted by Crippen LogP contribution is -2.37. The predicted octanol–water partition coefficient (Wildman–Crippen LogP) is 2.36. The van der Waals surface area contributed by atoms with E-state index in [1.165, 1.54) is 6.42 Å². The number of nitrogens with two attached hydrogens (primary N) is 1. The number of likely N-dealkylation sites (N-methyl/N-ethyl adjacent to an activating group) is 1. The first-order chi connectivity index (χ1) is 10.0. The topological polar surface area (TPSA) is 67.6 Å². The Balaban J connectivity index is 1.81. The molecule has 1 amide bonds. The van der Waals surface area contributed by atoms with Gasteiger partial charge in [-0.1, -0.05) is 11.6 Å². The van der Waals surface area contributed by atoms with Gasteiger partial charge in [-0.3, -0.25) is 9.69 Å². The van der Waals surface area contributed by atoms with Crippen molar-refractivity contribution in [3.05, 3.63) is 23.2 Å².